The third-order valence-electron chi connectivity index (χ3n) is 3.70. The summed E-state index contributed by atoms with van der Waals surface area (Å²) in [5.41, 5.74) is -2.63. The van der Waals surface area contributed by atoms with Crippen molar-refractivity contribution in [1.29, 1.82) is 0 Å². The molecule has 1 aliphatic rings. The summed E-state index contributed by atoms with van der Waals surface area (Å²) in [6.45, 7) is 1.38. The van der Waals surface area contributed by atoms with Crippen molar-refractivity contribution < 1.29 is 27.5 Å². The molecule has 2 rings (SSSR count). The molecule has 0 radical (unpaired) electrons. The number of amides is 1. The molecule has 1 aromatic rings. The standard InChI is InChI=1S/C14H18F3N3O3S/c1-3-10(21)19-13(11(22)23-2,14(15,16)17)20-12-18-8-6-4-5-7-9(8)24-12/h3-7H2,1-2H3,(H,18,20)(H,19,21). The molecule has 0 spiro atoms. The average molecular weight is 365 g/mol. The van der Waals surface area contributed by atoms with E-state index in [0.717, 1.165) is 48.3 Å². The summed E-state index contributed by atoms with van der Waals surface area (Å²) in [5.74, 6) is -2.59. The Hall–Kier alpha value is -1.84. The van der Waals surface area contributed by atoms with Crippen molar-refractivity contribution in [2.24, 2.45) is 0 Å². The van der Waals surface area contributed by atoms with Gasteiger partial charge in [-0.3, -0.25) is 4.79 Å². The number of alkyl halides is 3. The number of thiazole rings is 1. The lowest BCUT2D eigenvalue weighted by atomic mass is 10.0. The monoisotopic (exact) mass is 365 g/mol. The lowest BCUT2D eigenvalue weighted by Gasteiger charge is -2.33. The number of nitrogens with one attached hydrogen (secondary N) is 2. The van der Waals surface area contributed by atoms with Crippen molar-refractivity contribution in [2.45, 2.75) is 50.9 Å². The van der Waals surface area contributed by atoms with Gasteiger partial charge >= 0.3 is 17.8 Å². The van der Waals surface area contributed by atoms with E-state index in [1.807, 2.05) is 0 Å². The van der Waals surface area contributed by atoms with Crippen molar-refractivity contribution in [2.75, 3.05) is 12.4 Å². The summed E-state index contributed by atoms with van der Waals surface area (Å²) >= 11 is 1.06. The topological polar surface area (TPSA) is 80.3 Å². The van der Waals surface area contributed by atoms with E-state index in [-0.39, 0.29) is 11.6 Å². The van der Waals surface area contributed by atoms with Gasteiger partial charge in [0, 0.05) is 11.3 Å². The first-order valence-electron chi connectivity index (χ1n) is 7.46. The van der Waals surface area contributed by atoms with E-state index in [2.05, 4.69) is 15.0 Å². The van der Waals surface area contributed by atoms with Gasteiger partial charge in [-0.25, -0.2) is 9.78 Å². The van der Waals surface area contributed by atoms with E-state index in [4.69, 9.17) is 0 Å². The number of nitrogens with zero attached hydrogens (tertiary/aromatic N) is 1. The molecule has 1 heterocycles. The third-order valence-corrected chi connectivity index (χ3v) is 4.78. The first-order chi connectivity index (χ1) is 11.2. The van der Waals surface area contributed by atoms with Crippen LogP contribution in [0.2, 0.25) is 0 Å². The van der Waals surface area contributed by atoms with Gasteiger partial charge in [0.2, 0.25) is 5.91 Å². The molecule has 1 aliphatic carbocycles. The lowest BCUT2D eigenvalue weighted by molar-refractivity contribution is -0.206. The second-order valence-electron chi connectivity index (χ2n) is 5.36. The van der Waals surface area contributed by atoms with Crippen LogP contribution in [-0.4, -0.2) is 35.8 Å². The maximum Gasteiger partial charge on any atom is 0.442 e. The largest absolute Gasteiger partial charge is 0.466 e. The van der Waals surface area contributed by atoms with Crippen LogP contribution in [-0.2, 0) is 27.2 Å². The number of esters is 1. The number of halogens is 3. The maximum absolute atomic E-state index is 13.7. The molecular formula is C14H18F3N3O3S. The highest BCUT2D eigenvalue weighted by Gasteiger charge is 2.63. The molecule has 10 heteroatoms. The minimum atomic E-state index is -5.11. The predicted octanol–water partition coefficient (Wildman–Crippen LogP) is 2.39. The highest BCUT2D eigenvalue weighted by atomic mass is 32.1. The molecule has 0 aliphatic heterocycles. The number of aromatic nitrogens is 1. The van der Waals surface area contributed by atoms with Crippen LogP contribution in [0.25, 0.3) is 0 Å². The van der Waals surface area contributed by atoms with Gasteiger partial charge in [0.25, 0.3) is 0 Å². The van der Waals surface area contributed by atoms with Crippen LogP contribution in [0, 0.1) is 0 Å². The Morgan fingerprint density at radius 3 is 2.50 bits per heavy atom. The molecule has 0 bridgehead atoms. The Bertz CT molecular complexity index is 609. The van der Waals surface area contributed by atoms with Crippen LogP contribution >= 0.6 is 11.3 Å². The fraction of sp³-hybridized carbons (Fsp3) is 0.643. The van der Waals surface area contributed by atoms with E-state index in [1.54, 1.807) is 5.32 Å². The number of carbonyl (C=O) groups is 2. The molecule has 134 valence electrons. The van der Waals surface area contributed by atoms with Crippen molar-refractivity contribution in [3.8, 4) is 0 Å². The van der Waals surface area contributed by atoms with Crippen molar-refractivity contribution in [1.82, 2.24) is 10.3 Å². The van der Waals surface area contributed by atoms with Crippen LogP contribution < -0.4 is 10.6 Å². The van der Waals surface area contributed by atoms with Gasteiger partial charge in [-0.15, -0.1) is 11.3 Å². The Kier molecular flexibility index (Phi) is 5.36. The fourth-order valence-corrected chi connectivity index (χ4v) is 3.51. The van der Waals surface area contributed by atoms with E-state index in [0.29, 0.717) is 6.42 Å². The maximum atomic E-state index is 13.7. The van der Waals surface area contributed by atoms with E-state index < -0.39 is 23.7 Å². The molecule has 0 fully saturated rings. The Labute approximate surface area is 140 Å². The zero-order valence-electron chi connectivity index (χ0n) is 13.2. The van der Waals surface area contributed by atoms with Crippen molar-refractivity contribution in [3.63, 3.8) is 0 Å². The molecule has 2 N–H and O–H groups in total. The molecule has 6 nitrogen and oxygen atoms in total. The third kappa shape index (κ3) is 3.47. The van der Waals surface area contributed by atoms with Crippen LogP contribution in [0.5, 0.6) is 0 Å². The fourth-order valence-electron chi connectivity index (χ4n) is 2.41. The Balaban J connectivity index is 2.42. The predicted molar refractivity (Wildman–Crippen MR) is 81.6 cm³/mol. The van der Waals surface area contributed by atoms with E-state index in [1.165, 1.54) is 6.92 Å². The summed E-state index contributed by atoms with van der Waals surface area (Å²) in [5, 5.41) is 3.73. The summed E-state index contributed by atoms with van der Waals surface area (Å²) in [6.07, 6.45) is -2.03. The van der Waals surface area contributed by atoms with Gasteiger partial charge in [-0.2, -0.15) is 13.2 Å². The molecule has 1 atom stereocenters. The molecule has 0 saturated heterocycles. The van der Waals surface area contributed by atoms with Crippen LogP contribution in [0.1, 0.15) is 36.8 Å². The second kappa shape index (κ2) is 6.96. The molecular weight excluding hydrogens is 347 g/mol. The first-order valence-corrected chi connectivity index (χ1v) is 8.28. The van der Waals surface area contributed by atoms with E-state index >= 15 is 0 Å². The summed E-state index contributed by atoms with van der Waals surface area (Å²) in [7, 11) is 0.829. The normalized spacial score (nSPS) is 16.7. The summed E-state index contributed by atoms with van der Waals surface area (Å²) < 4.78 is 45.3. The first kappa shape index (κ1) is 18.5. The molecule has 1 aromatic heterocycles. The van der Waals surface area contributed by atoms with Gasteiger partial charge in [-0.05, 0) is 25.7 Å². The molecule has 0 saturated carbocycles. The minimum Gasteiger partial charge on any atom is -0.466 e. The zero-order chi connectivity index (χ0) is 18.0. The average Bonchev–Trinajstić information content (AvgIpc) is 2.94. The number of hydrogen-bond donors (Lipinski definition) is 2. The number of fused-ring (bicyclic) bond motifs is 1. The molecule has 0 aromatic carbocycles. The van der Waals surface area contributed by atoms with Gasteiger partial charge in [0.1, 0.15) is 0 Å². The Morgan fingerprint density at radius 2 is 1.96 bits per heavy atom. The number of rotatable bonds is 5. The highest BCUT2D eigenvalue weighted by Crippen LogP contribution is 2.36. The minimum absolute atomic E-state index is 0.0685. The van der Waals surface area contributed by atoms with Gasteiger partial charge < -0.3 is 15.4 Å². The molecule has 24 heavy (non-hydrogen) atoms. The lowest BCUT2D eigenvalue weighted by Crippen LogP contribution is -2.69. The second-order valence-corrected chi connectivity index (χ2v) is 6.45. The Morgan fingerprint density at radius 1 is 1.29 bits per heavy atom. The van der Waals surface area contributed by atoms with E-state index in [9.17, 15) is 22.8 Å². The number of aryl methyl sites for hydroxylation is 2. The number of ether oxygens (including phenoxy) is 1. The highest BCUT2D eigenvalue weighted by molar-refractivity contribution is 7.15. The van der Waals surface area contributed by atoms with Gasteiger partial charge in [0.05, 0.1) is 12.8 Å². The number of methoxy groups -OCH3 is 1. The smallest absolute Gasteiger partial charge is 0.442 e. The van der Waals surface area contributed by atoms with Crippen LogP contribution in [0.3, 0.4) is 0 Å². The number of carbonyl (C=O) groups excluding carboxylic acids is 2. The van der Waals surface area contributed by atoms with Gasteiger partial charge in [0.15, 0.2) is 5.13 Å². The zero-order valence-corrected chi connectivity index (χ0v) is 14.1. The van der Waals surface area contributed by atoms with Gasteiger partial charge in [-0.1, -0.05) is 6.92 Å². The van der Waals surface area contributed by atoms with Crippen LogP contribution in [0.4, 0.5) is 18.3 Å². The molecule has 1 unspecified atom stereocenters. The van der Waals surface area contributed by atoms with Crippen molar-refractivity contribution >= 4 is 28.3 Å². The van der Waals surface area contributed by atoms with Crippen molar-refractivity contribution in [3.05, 3.63) is 10.6 Å². The molecule has 1 amide bonds. The number of hydrogen-bond acceptors (Lipinski definition) is 6. The van der Waals surface area contributed by atoms with Crippen LogP contribution in [0.15, 0.2) is 0 Å². The SMILES string of the molecule is CCC(=O)NC(Nc1nc2c(s1)CCCC2)(C(=O)OC)C(F)(F)F. The summed E-state index contributed by atoms with van der Waals surface area (Å²) in [6, 6.07) is 0. The quantitative estimate of drug-likeness (QED) is 0.619. The summed E-state index contributed by atoms with van der Waals surface area (Å²) in [4.78, 5) is 28.6. The number of anilines is 1.